The largest absolute Gasteiger partial charge is 0.487 e. The number of esters is 1. The van der Waals surface area contributed by atoms with Crippen LogP contribution in [0.4, 0.5) is 0 Å². The third-order valence-corrected chi connectivity index (χ3v) is 7.30. The molecule has 0 radical (unpaired) electrons. The Bertz CT molecular complexity index is 1100. The number of carbonyl (C=O) groups excluding carboxylic acids is 1. The van der Waals surface area contributed by atoms with E-state index in [9.17, 15) is 13.2 Å². The van der Waals surface area contributed by atoms with Crippen molar-refractivity contribution in [2.45, 2.75) is 96.8 Å². The van der Waals surface area contributed by atoms with Gasteiger partial charge in [-0.3, -0.25) is 4.79 Å². The molecule has 0 fully saturated rings. The summed E-state index contributed by atoms with van der Waals surface area (Å²) >= 11 is 0. The van der Waals surface area contributed by atoms with Gasteiger partial charge in [-0.25, -0.2) is 13.1 Å². The number of benzene rings is 1. The quantitative estimate of drug-likeness (QED) is 0.148. The molecule has 0 aliphatic carbocycles. The van der Waals surface area contributed by atoms with Crippen LogP contribution in [0.15, 0.2) is 10.1 Å². The average molecular weight is 549 g/mol. The molecule has 1 atom stereocenters. The lowest BCUT2D eigenvalue weighted by Crippen LogP contribution is -2.43. The summed E-state index contributed by atoms with van der Waals surface area (Å²) in [6, 6.07) is -0.754. The third kappa shape index (κ3) is 7.88. The molecule has 10 nitrogen and oxygen atoms in total. The molecule has 2 rings (SSSR count). The predicted molar refractivity (Wildman–Crippen MR) is 142 cm³/mol. The van der Waals surface area contributed by atoms with Crippen molar-refractivity contribution in [1.29, 1.82) is 0 Å². The van der Waals surface area contributed by atoms with Crippen molar-refractivity contribution in [2.75, 3.05) is 13.7 Å². The molecule has 0 amide bonds. The van der Waals surface area contributed by atoms with Gasteiger partial charge in [0, 0.05) is 18.5 Å². The number of sulfonamides is 1. The summed E-state index contributed by atoms with van der Waals surface area (Å²) in [6.07, 6.45) is 1.46. The molecule has 0 unspecified atom stereocenters. The number of halogens is 1. The van der Waals surface area contributed by atoms with Gasteiger partial charge in [-0.05, 0) is 90.1 Å². The fraction of sp³-hybridized carbons (Fsp3) is 0.667. The maximum Gasteiger partial charge on any atom is 0.322 e. The second kappa shape index (κ2) is 11.9. The first-order valence-electron chi connectivity index (χ1n) is 11.7. The van der Waals surface area contributed by atoms with E-state index in [0.717, 1.165) is 16.9 Å². The topological polar surface area (TPSA) is 141 Å². The first kappa shape index (κ1) is 31.8. The van der Waals surface area contributed by atoms with Crippen LogP contribution in [0.5, 0.6) is 5.75 Å². The van der Waals surface area contributed by atoms with Gasteiger partial charge < -0.3 is 25.4 Å². The van der Waals surface area contributed by atoms with E-state index in [4.69, 9.17) is 15.3 Å². The normalized spacial score (nSPS) is 15.8. The van der Waals surface area contributed by atoms with E-state index in [1.807, 2.05) is 20.8 Å². The Balaban J connectivity index is 0.00000648. The van der Waals surface area contributed by atoms with Crippen LogP contribution in [-0.4, -0.2) is 51.2 Å². The highest BCUT2D eigenvalue weighted by Crippen LogP contribution is 2.43. The van der Waals surface area contributed by atoms with Crippen LogP contribution in [0.25, 0.3) is 0 Å². The fourth-order valence-electron chi connectivity index (χ4n) is 3.89. The molecule has 1 aliphatic rings. The lowest BCUT2D eigenvalue weighted by molar-refractivity contribution is -0.142. The highest BCUT2D eigenvalue weighted by Gasteiger charge is 2.37. The van der Waals surface area contributed by atoms with Crippen molar-refractivity contribution in [1.82, 2.24) is 10.0 Å². The second-order valence-electron chi connectivity index (χ2n) is 10.5. The molecule has 12 heteroatoms. The molecule has 0 spiro atoms. The Morgan fingerprint density at radius 1 is 1.19 bits per heavy atom. The number of nitrogens with zero attached hydrogens (tertiary/aromatic N) is 1. The van der Waals surface area contributed by atoms with Crippen molar-refractivity contribution >= 4 is 34.4 Å². The lowest BCUT2D eigenvalue weighted by Gasteiger charge is -2.21. The number of ether oxygens (including phenoxy) is 2. The Labute approximate surface area is 221 Å². The smallest absolute Gasteiger partial charge is 0.322 e. The van der Waals surface area contributed by atoms with E-state index in [1.165, 1.54) is 7.11 Å². The van der Waals surface area contributed by atoms with Gasteiger partial charge in [-0.2, -0.15) is 0 Å². The van der Waals surface area contributed by atoms with Crippen molar-refractivity contribution in [2.24, 2.45) is 10.9 Å². The first-order valence-corrected chi connectivity index (χ1v) is 13.2. The van der Waals surface area contributed by atoms with Gasteiger partial charge >= 0.3 is 5.97 Å². The maximum absolute atomic E-state index is 13.6. The molecule has 0 saturated carbocycles. The first-order chi connectivity index (χ1) is 16.0. The molecular formula is C24H41ClN4O6S. The zero-order valence-electron chi connectivity index (χ0n) is 22.7. The van der Waals surface area contributed by atoms with Crippen LogP contribution in [0.3, 0.4) is 0 Å². The van der Waals surface area contributed by atoms with E-state index in [1.54, 1.807) is 34.6 Å². The number of methoxy groups -OCH3 is 1. The molecule has 0 aromatic heterocycles. The summed E-state index contributed by atoms with van der Waals surface area (Å²) in [5, 5.41) is 6.97. The van der Waals surface area contributed by atoms with Gasteiger partial charge in [0.25, 0.3) is 10.0 Å². The zero-order valence-corrected chi connectivity index (χ0v) is 24.3. The number of hydrogen-bond donors (Lipinski definition) is 3. The number of hydrogen-bond acceptors (Lipinski definition) is 8. The summed E-state index contributed by atoms with van der Waals surface area (Å²) in [5.41, 5.74) is 7.70. The van der Waals surface area contributed by atoms with Gasteiger partial charge in [0.1, 0.15) is 23.0 Å². The van der Waals surface area contributed by atoms with E-state index < -0.39 is 33.2 Å². The molecule has 4 N–H and O–H groups in total. The van der Waals surface area contributed by atoms with E-state index in [-0.39, 0.29) is 23.3 Å². The number of guanidine groups is 1. The lowest BCUT2D eigenvalue weighted by atomic mass is 9.94. The third-order valence-electron chi connectivity index (χ3n) is 5.69. The minimum atomic E-state index is -4.02. The zero-order chi connectivity index (χ0) is 26.8. The minimum Gasteiger partial charge on any atom is -0.487 e. The van der Waals surface area contributed by atoms with Crippen molar-refractivity contribution in [3.63, 3.8) is 0 Å². The van der Waals surface area contributed by atoms with Crippen molar-refractivity contribution < 1.29 is 27.5 Å². The predicted octanol–water partition coefficient (Wildman–Crippen LogP) is 2.98. The fourth-order valence-corrected chi connectivity index (χ4v) is 5.44. The van der Waals surface area contributed by atoms with Gasteiger partial charge in [0.2, 0.25) is 5.96 Å². The van der Waals surface area contributed by atoms with E-state index in [2.05, 4.69) is 19.9 Å². The maximum atomic E-state index is 13.6. The Morgan fingerprint density at radius 2 is 1.81 bits per heavy atom. The van der Waals surface area contributed by atoms with Crippen LogP contribution in [0.1, 0.15) is 69.7 Å². The molecule has 1 aliphatic heterocycles. The summed E-state index contributed by atoms with van der Waals surface area (Å²) in [4.78, 5) is 17.2. The highest BCUT2D eigenvalue weighted by molar-refractivity contribution is 7.90. The van der Waals surface area contributed by atoms with Crippen LogP contribution >= 0.6 is 12.4 Å². The summed E-state index contributed by atoms with van der Waals surface area (Å²) in [6.45, 7) is 15.1. The summed E-state index contributed by atoms with van der Waals surface area (Å²) < 4.78 is 40.4. The molecule has 206 valence electrons. The Kier molecular flexibility index (Phi) is 10.5. The Hall–Kier alpha value is -2.24. The van der Waals surface area contributed by atoms with Gasteiger partial charge in [-0.1, -0.05) is 0 Å². The number of oxime groups is 1. The SMILES string of the molecule is COC(=O)[C@@H](N)CCCNC(=NOC(C)(C)C)NS(=O)(=O)c1c(C)c(C)c2c(c1C)CC(C)(C)O2.Cl. The minimum absolute atomic E-state index is 0. The van der Waals surface area contributed by atoms with Gasteiger partial charge in [0.05, 0.1) is 12.0 Å². The monoisotopic (exact) mass is 548 g/mol. The van der Waals surface area contributed by atoms with Gasteiger partial charge in [-0.15, -0.1) is 12.4 Å². The highest BCUT2D eigenvalue weighted by atomic mass is 35.5. The number of nitrogens with two attached hydrogens (primary N) is 1. The Morgan fingerprint density at radius 3 is 2.36 bits per heavy atom. The molecule has 1 aromatic carbocycles. The average Bonchev–Trinajstić information content (AvgIpc) is 3.07. The van der Waals surface area contributed by atoms with Crippen molar-refractivity contribution in [3.8, 4) is 5.75 Å². The van der Waals surface area contributed by atoms with Crippen molar-refractivity contribution in [3.05, 3.63) is 22.3 Å². The molecular weight excluding hydrogens is 508 g/mol. The molecule has 1 heterocycles. The van der Waals surface area contributed by atoms with Crippen LogP contribution in [0, 0.1) is 20.8 Å². The van der Waals surface area contributed by atoms with E-state index >= 15 is 0 Å². The van der Waals surface area contributed by atoms with Crippen LogP contribution < -0.4 is 20.5 Å². The second-order valence-corrected chi connectivity index (χ2v) is 12.1. The summed E-state index contributed by atoms with van der Waals surface area (Å²) in [5.74, 6) is 0.204. The molecule has 1 aromatic rings. The summed E-state index contributed by atoms with van der Waals surface area (Å²) in [7, 11) is -2.74. The number of fused-ring (bicyclic) bond motifs is 1. The molecule has 0 saturated heterocycles. The molecule has 36 heavy (non-hydrogen) atoms. The number of nitrogens with one attached hydrogen (secondary N) is 2. The molecule has 0 bridgehead atoms. The van der Waals surface area contributed by atoms with Gasteiger partial charge in [0.15, 0.2) is 0 Å². The van der Waals surface area contributed by atoms with Crippen LogP contribution in [-0.2, 0) is 30.8 Å². The number of carbonyl (C=O) groups is 1. The number of rotatable bonds is 8. The van der Waals surface area contributed by atoms with Crippen LogP contribution in [0.2, 0.25) is 0 Å². The van der Waals surface area contributed by atoms with E-state index in [0.29, 0.717) is 36.9 Å². The standard InChI is InChI=1S/C24H40N4O6S.ClH/c1-14-15(2)20(16(3)17-13-24(7,8)33-19(14)17)35(30,31)28-22(27-34-23(4,5)6)26-12-10-11-18(25)21(29)32-9;/h18H,10-13,25H2,1-9H3,(H2,26,27,28);1H/t18-;/m0./s1.